The highest BCUT2D eigenvalue weighted by Crippen LogP contribution is 2.26. The fraction of sp³-hybridized carbons (Fsp3) is 0.250. The lowest BCUT2D eigenvalue weighted by molar-refractivity contribution is 0.912. The predicted octanol–water partition coefficient (Wildman–Crippen LogP) is 1.75. The monoisotopic (exact) mass is 199 g/mol. The summed E-state index contributed by atoms with van der Waals surface area (Å²) in [6.45, 7) is 0. The molecule has 0 saturated carbocycles. The number of rotatable bonds is 1. The first-order chi connectivity index (χ1) is 7.33. The van der Waals surface area contributed by atoms with E-state index in [-0.39, 0.29) is 0 Å². The van der Waals surface area contributed by atoms with Crippen molar-refractivity contribution in [2.75, 3.05) is 5.84 Å². The second-order valence-corrected chi connectivity index (χ2v) is 4.04. The van der Waals surface area contributed by atoms with Crippen LogP contribution in [0.2, 0.25) is 0 Å². The number of nitrogen functional groups attached to an aromatic ring is 1. The number of nitrogens with zero attached hydrogens (tertiary/aromatic N) is 2. The van der Waals surface area contributed by atoms with E-state index in [0.717, 1.165) is 5.69 Å². The molecule has 0 bridgehead atoms. The van der Waals surface area contributed by atoms with Gasteiger partial charge in [0.15, 0.2) is 0 Å². The van der Waals surface area contributed by atoms with Gasteiger partial charge in [-0.25, -0.2) is 4.98 Å². The van der Waals surface area contributed by atoms with E-state index < -0.39 is 0 Å². The minimum absolute atomic E-state index is 0.951. The summed E-state index contributed by atoms with van der Waals surface area (Å²) in [6.07, 6.45) is 7.18. The zero-order valence-electron chi connectivity index (χ0n) is 8.48. The second kappa shape index (κ2) is 3.12. The van der Waals surface area contributed by atoms with Gasteiger partial charge in [-0.1, -0.05) is 12.1 Å². The van der Waals surface area contributed by atoms with Crippen LogP contribution in [-0.2, 0) is 12.8 Å². The molecular formula is C12H13N3. The van der Waals surface area contributed by atoms with Gasteiger partial charge in [-0.15, -0.1) is 0 Å². The quantitative estimate of drug-likeness (QED) is 0.711. The smallest absolute Gasteiger partial charge is 0.114 e. The summed E-state index contributed by atoms with van der Waals surface area (Å²) < 4.78 is 1.49. The standard InChI is InChI=1S/C12H13N3/c13-15-7-12(14-8-15)11-5-4-9-2-1-3-10(9)6-11/h4-8H,1-3,13H2. The van der Waals surface area contributed by atoms with E-state index in [9.17, 15) is 0 Å². The molecule has 0 saturated heterocycles. The summed E-state index contributed by atoms with van der Waals surface area (Å²) in [7, 11) is 0. The number of fused-ring (bicyclic) bond motifs is 1. The zero-order chi connectivity index (χ0) is 10.3. The van der Waals surface area contributed by atoms with Gasteiger partial charge in [0.1, 0.15) is 6.33 Å². The fourth-order valence-electron chi connectivity index (χ4n) is 2.22. The van der Waals surface area contributed by atoms with Gasteiger partial charge in [-0.2, -0.15) is 0 Å². The summed E-state index contributed by atoms with van der Waals surface area (Å²) in [4.78, 5) is 4.25. The maximum atomic E-state index is 5.58. The molecule has 0 atom stereocenters. The third kappa shape index (κ3) is 1.40. The predicted molar refractivity (Wildman–Crippen MR) is 59.8 cm³/mol. The fourth-order valence-corrected chi connectivity index (χ4v) is 2.22. The van der Waals surface area contributed by atoms with E-state index in [1.165, 1.54) is 40.6 Å². The average molecular weight is 199 g/mol. The Morgan fingerprint density at radius 3 is 2.87 bits per heavy atom. The highest BCUT2D eigenvalue weighted by Gasteiger charge is 2.11. The molecule has 3 nitrogen and oxygen atoms in total. The Kier molecular flexibility index (Phi) is 1.78. The van der Waals surface area contributed by atoms with Crippen LogP contribution < -0.4 is 5.84 Å². The summed E-state index contributed by atoms with van der Waals surface area (Å²) >= 11 is 0. The Morgan fingerprint density at radius 2 is 2.07 bits per heavy atom. The van der Waals surface area contributed by atoms with Crippen LogP contribution in [0.25, 0.3) is 11.3 Å². The van der Waals surface area contributed by atoms with E-state index in [1.54, 1.807) is 6.33 Å². The molecule has 0 spiro atoms. The Labute approximate surface area is 88.5 Å². The highest BCUT2D eigenvalue weighted by molar-refractivity contribution is 5.60. The van der Waals surface area contributed by atoms with Crippen LogP contribution in [0.15, 0.2) is 30.7 Å². The molecular weight excluding hydrogens is 186 g/mol. The molecule has 3 rings (SSSR count). The van der Waals surface area contributed by atoms with Crippen molar-refractivity contribution in [3.8, 4) is 11.3 Å². The molecule has 0 amide bonds. The van der Waals surface area contributed by atoms with Crippen molar-refractivity contribution in [1.29, 1.82) is 0 Å². The Bertz CT molecular complexity index is 499. The first-order valence-corrected chi connectivity index (χ1v) is 5.24. The molecule has 0 radical (unpaired) electrons. The van der Waals surface area contributed by atoms with Crippen molar-refractivity contribution in [2.24, 2.45) is 0 Å². The van der Waals surface area contributed by atoms with E-state index in [4.69, 9.17) is 5.84 Å². The van der Waals surface area contributed by atoms with E-state index in [1.807, 2.05) is 6.20 Å². The van der Waals surface area contributed by atoms with E-state index in [0.29, 0.717) is 0 Å². The van der Waals surface area contributed by atoms with Crippen LogP contribution in [0.5, 0.6) is 0 Å². The van der Waals surface area contributed by atoms with Crippen molar-refractivity contribution in [3.63, 3.8) is 0 Å². The number of hydrogen-bond donors (Lipinski definition) is 1. The van der Waals surface area contributed by atoms with Crippen molar-refractivity contribution < 1.29 is 0 Å². The lowest BCUT2D eigenvalue weighted by Crippen LogP contribution is -2.02. The number of benzene rings is 1. The molecule has 1 aromatic carbocycles. The van der Waals surface area contributed by atoms with Gasteiger partial charge in [0.05, 0.1) is 11.9 Å². The molecule has 1 aromatic heterocycles. The third-order valence-corrected chi connectivity index (χ3v) is 3.00. The molecule has 1 aliphatic carbocycles. The molecule has 0 unspecified atom stereocenters. The minimum Gasteiger partial charge on any atom is -0.338 e. The lowest BCUT2D eigenvalue weighted by Gasteiger charge is -2.01. The lowest BCUT2D eigenvalue weighted by atomic mass is 10.1. The van der Waals surface area contributed by atoms with Gasteiger partial charge in [0.25, 0.3) is 0 Å². The SMILES string of the molecule is Nn1cnc(-c2ccc3c(c2)CCC3)c1. The van der Waals surface area contributed by atoms with Crippen LogP contribution in [0.1, 0.15) is 17.5 Å². The van der Waals surface area contributed by atoms with E-state index in [2.05, 4.69) is 23.2 Å². The molecule has 3 heteroatoms. The maximum Gasteiger partial charge on any atom is 0.114 e. The van der Waals surface area contributed by atoms with Gasteiger partial charge in [0, 0.05) is 5.56 Å². The first kappa shape index (κ1) is 8.53. The van der Waals surface area contributed by atoms with Gasteiger partial charge >= 0.3 is 0 Å². The summed E-state index contributed by atoms with van der Waals surface area (Å²) in [5.74, 6) is 5.58. The Balaban J connectivity index is 2.06. The van der Waals surface area contributed by atoms with Crippen molar-refractivity contribution >= 4 is 0 Å². The van der Waals surface area contributed by atoms with Crippen LogP contribution >= 0.6 is 0 Å². The molecule has 0 aliphatic heterocycles. The molecule has 76 valence electrons. The van der Waals surface area contributed by atoms with Crippen molar-refractivity contribution in [1.82, 2.24) is 9.66 Å². The largest absolute Gasteiger partial charge is 0.338 e. The van der Waals surface area contributed by atoms with Crippen LogP contribution in [-0.4, -0.2) is 9.66 Å². The van der Waals surface area contributed by atoms with Crippen LogP contribution in [0.4, 0.5) is 0 Å². The number of imidazole rings is 1. The Hall–Kier alpha value is -1.77. The third-order valence-electron chi connectivity index (χ3n) is 3.00. The highest BCUT2D eigenvalue weighted by atomic mass is 15.3. The topological polar surface area (TPSA) is 43.8 Å². The van der Waals surface area contributed by atoms with Crippen LogP contribution in [0, 0.1) is 0 Å². The average Bonchev–Trinajstić information content (AvgIpc) is 2.84. The molecule has 2 N–H and O–H groups in total. The maximum absolute atomic E-state index is 5.58. The van der Waals surface area contributed by atoms with Gasteiger partial charge < -0.3 is 5.84 Å². The van der Waals surface area contributed by atoms with E-state index >= 15 is 0 Å². The molecule has 15 heavy (non-hydrogen) atoms. The van der Waals surface area contributed by atoms with Gasteiger partial charge in [-0.3, -0.25) is 4.68 Å². The van der Waals surface area contributed by atoms with Crippen molar-refractivity contribution in [2.45, 2.75) is 19.3 Å². The molecule has 0 fully saturated rings. The minimum atomic E-state index is 0.951. The van der Waals surface area contributed by atoms with Crippen LogP contribution in [0.3, 0.4) is 0 Å². The molecule has 1 aliphatic rings. The normalized spacial score (nSPS) is 14.1. The summed E-state index contributed by atoms with van der Waals surface area (Å²) in [5.41, 5.74) is 5.08. The number of aryl methyl sites for hydroxylation is 2. The second-order valence-electron chi connectivity index (χ2n) is 4.04. The van der Waals surface area contributed by atoms with Crippen molar-refractivity contribution in [3.05, 3.63) is 41.9 Å². The number of nitrogens with two attached hydrogens (primary N) is 1. The number of hydrogen-bond acceptors (Lipinski definition) is 2. The number of aromatic nitrogens is 2. The summed E-state index contributed by atoms with van der Waals surface area (Å²) in [5, 5.41) is 0. The summed E-state index contributed by atoms with van der Waals surface area (Å²) in [6, 6.07) is 6.59. The first-order valence-electron chi connectivity index (χ1n) is 5.24. The van der Waals surface area contributed by atoms with Gasteiger partial charge in [0.2, 0.25) is 0 Å². The molecule has 2 aromatic rings. The molecule has 1 heterocycles. The van der Waals surface area contributed by atoms with Gasteiger partial charge in [-0.05, 0) is 36.5 Å². The zero-order valence-corrected chi connectivity index (χ0v) is 8.48. The Morgan fingerprint density at radius 1 is 1.20 bits per heavy atom.